The van der Waals surface area contributed by atoms with Crippen molar-refractivity contribution in [1.29, 1.82) is 0 Å². The first-order valence-corrected chi connectivity index (χ1v) is 10.4. The second-order valence-electron chi connectivity index (χ2n) is 7.98. The molecule has 2 aromatic heterocycles. The third-order valence-electron chi connectivity index (χ3n) is 4.21. The molecule has 2 atom stereocenters. The number of rotatable bonds is 6. The third kappa shape index (κ3) is 7.99. The minimum atomic E-state index is -0.528. The van der Waals surface area contributed by atoms with Crippen molar-refractivity contribution in [3.05, 3.63) is 29.9 Å². The smallest absolute Gasteiger partial charge is 0.232 e. The van der Waals surface area contributed by atoms with Crippen LogP contribution in [0.3, 0.4) is 0 Å². The highest BCUT2D eigenvalue weighted by Crippen LogP contribution is 2.23. The molecule has 2 N–H and O–H groups in total. The Kier molecular flexibility index (Phi) is 8.01. The summed E-state index contributed by atoms with van der Waals surface area (Å²) < 4.78 is 32.8. The van der Waals surface area contributed by atoms with Crippen molar-refractivity contribution < 1.29 is 28.4 Å². The van der Waals surface area contributed by atoms with Gasteiger partial charge >= 0.3 is 0 Å². The molecule has 0 radical (unpaired) electrons. The van der Waals surface area contributed by atoms with E-state index >= 15 is 0 Å². The van der Waals surface area contributed by atoms with E-state index in [2.05, 4.69) is 19.9 Å². The Labute approximate surface area is 191 Å². The van der Waals surface area contributed by atoms with Crippen molar-refractivity contribution >= 4 is 17.4 Å². The molecule has 0 spiro atoms. The lowest BCUT2D eigenvalue weighted by atomic mass is 10.4. The standard InChI is InChI=1S/C10H13ClN2O3.C10H15N3O3/c2*1-10(2)15-6-7(16-10)5-14-9-4-12-8(11)3-13-9/h3-4,7H,5-6H2,1-2H3;3-4,7H,5-6H2,1-2H3,(H2,11,12)/t2*7-/m00/s1. The van der Waals surface area contributed by atoms with Gasteiger partial charge in [0.25, 0.3) is 0 Å². The molecule has 2 aliphatic heterocycles. The van der Waals surface area contributed by atoms with Crippen LogP contribution >= 0.6 is 11.6 Å². The fourth-order valence-corrected chi connectivity index (χ4v) is 2.92. The molecule has 2 saturated heterocycles. The van der Waals surface area contributed by atoms with E-state index in [1.54, 1.807) is 0 Å². The van der Waals surface area contributed by atoms with Gasteiger partial charge < -0.3 is 34.2 Å². The number of nitrogens with zero attached hydrogens (tertiary/aromatic N) is 4. The lowest BCUT2D eigenvalue weighted by Crippen LogP contribution is -2.25. The molecule has 32 heavy (non-hydrogen) atoms. The summed E-state index contributed by atoms with van der Waals surface area (Å²) in [6.45, 7) is 9.31. The van der Waals surface area contributed by atoms with E-state index in [9.17, 15) is 0 Å². The number of aromatic nitrogens is 4. The van der Waals surface area contributed by atoms with Crippen LogP contribution in [0.5, 0.6) is 11.8 Å². The average Bonchev–Trinajstić information content (AvgIpc) is 3.28. The van der Waals surface area contributed by atoms with Gasteiger partial charge in [-0.2, -0.15) is 0 Å². The maximum absolute atomic E-state index is 5.60. The molecule has 0 saturated carbocycles. The van der Waals surface area contributed by atoms with Crippen LogP contribution < -0.4 is 15.2 Å². The van der Waals surface area contributed by atoms with Crippen LogP contribution in [0.15, 0.2) is 24.8 Å². The number of nitrogen functional groups attached to an aromatic ring is 1. The number of ether oxygens (including phenoxy) is 6. The van der Waals surface area contributed by atoms with Gasteiger partial charge in [0.2, 0.25) is 11.8 Å². The second-order valence-corrected chi connectivity index (χ2v) is 8.37. The zero-order chi connectivity index (χ0) is 23.2. The normalized spacial score (nSPS) is 23.3. The molecule has 11 nitrogen and oxygen atoms in total. The molecular formula is C20H28ClN5O6. The number of hydrogen-bond donors (Lipinski definition) is 1. The van der Waals surface area contributed by atoms with E-state index in [0.29, 0.717) is 49.2 Å². The van der Waals surface area contributed by atoms with Gasteiger partial charge in [-0.3, -0.25) is 0 Å². The van der Waals surface area contributed by atoms with Crippen molar-refractivity contribution in [2.24, 2.45) is 0 Å². The summed E-state index contributed by atoms with van der Waals surface area (Å²) in [5.74, 6) is 0.176. The van der Waals surface area contributed by atoms with Crippen molar-refractivity contribution in [2.45, 2.75) is 51.5 Å². The predicted molar refractivity (Wildman–Crippen MR) is 114 cm³/mol. The van der Waals surface area contributed by atoms with Gasteiger partial charge in [0.1, 0.15) is 36.4 Å². The Morgan fingerprint density at radius 1 is 0.844 bits per heavy atom. The number of anilines is 1. The highest BCUT2D eigenvalue weighted by molar-refractivity contribution is 6.29. The van der Waals surface area contributed by atoms with E-state index in [1.807, 2.05) is 27.7 Å². The van der Waals surface area contributed by atoms with Gasteiger partial charge in [0.05, 0.1) is 38.0 Å². The molecule has 4 heterocycles. The maximum atomic E-state index is 5.60. The van der Waals surface area contributed by atoms with Gasteiger partial charge in [-0.05, 0) is 27.7 Å². The first kappa shape index (κ1) is 24.3. The van der Waals surface area contributed by atoms with Crippen molar-refractivity contribution in [1.82, 2.24) is 19.9 Å². The van der Waals surface area contributed by atoms with Crippen LogP contribution in [0.4, 0.5) is 5.82 Å². The molecule has 0 aliphatic carbocycles. The summed E-state index contributed by atoms with van der Waals surface area (Å²) in [5.41, 5.74) is 5.41. The van der Waals surface area contributed by atoms with Crippen molar-refractivity contribution in [3.63, 3.8) is 0 Å². The van der Waals surface area contributed by atoms with Crippen molar-refractivity contribution in [2.75, 3.05) is 32.2 Å². The average molecular weight is 470 g/mol. The Morgan fingerprint density at radius 3 is 1.72 bits per heavy atom. The Morgan fingerprint density at radius 2 is 1.34 bits per heavy atom. The SMILES string of the molecule is CC1(C)OC[C@H](COc2cnc(Cl)cn2)O1.CC1(C)OC[C@H](COc2cnc(N)cn2)O1. The fraction of sp³-hybridized carbons (Fsp3) is 0.600. The molecule has 12 heteroatoms. The zero-order valence-corrected chi connectivity index (χ0v) is 19.2. The maximum Gasteiger partial charge on any atom is 0.232 e. The molecule has 2 aromatic rings. The molecule has 4 rings (SSSR count). The molecular weight excluding hydrogens is 442 g/mol. The molecule has 2 aliphatic rings. The van der Waals surface area contributed by atoms with Crippen LogP contribution in [0.2, 0.25) is 5.15 Å². The first-order valence-electron chi connectivity index (χ1n) is 10.0. The minimum absolute atomic E-state index is 0.0747. The van der Waals surface area contributed by atoms with Crippen LogP contribution in [0.25, 0.3) is 0 Å². The Balaban J connectivity index is 0.000000181. The highest BCUT2D eigenvalue weighted by atomic mass is 35.5. The fourth-order valence-electron chi connectivity index (χ4n) is 2.82. The topological polar surface area (TPSA) is 133 Å². The molecule has 0 amide bonds. The van der Waals surface area contributed by atoms with Crippen molar-refractivity contribution in [3.8, 4) is 11.8 Å². The van der Waals surface area contributed by atoms with E-state index < -0.39 is 11.6 Å². The van der Waals surface area contributed by atoms with E-state index in [-0.39, 0.29) is 12.2 Å². The molecule has 176 valence electrons. The number of halogens is 1. The summed E-state index contributed by atoms with van der Waals surface area (Å²) in [7, 11) is 0. The van der Waals surface area contributed by atoms with Gasteiger partial charge in [-0.1, -0.05) is 11.6 Å². The summed E-state index contributed by atoms with van der Waals surface area (Å²) in [4.78, 5) is 15.7. The summed E-state index contributed by atoms with van der Waals surface area (Å²) >= 11 is 5.60. The number of hydrogen-bond acceptors (Lipinski definition) is 11. The van der Waals surface area contributed by atoms with Gasteiger partial charge in [0.15, 0.2) is 11.6 Å². The zero-order valence-electron chi connectivity index (χ0n) is 18.5. The molecule has 2 fully saturated rings. The minimum Gasteiger partial charge on any atom is -0.474 e. The molecule has 0 bridgehead atoms. The summed E-state index contributed by atoms with van der Waals surface area (Å²) in [5, 5.41) is 0.342. The van der Waals surface area contributed by atoms with Gasteiger partial charge in [-0.15, -0.1) is 0 Å². The van der Waals surface area contributed by atoms with Gasteiger partial charge in [-0.25, -0.2) is 19.9 Å². The van der Waals surface area contributed by atoms with Crippen LogP contribution in [-0.4, -0.2) is 70.1 Å². The summed E-state index contributed by atoms with van der Waals surface area (Å²) in [6, 6.07) is 0. The highest BCUT2D eigenvalue weighted by Gasteiger charge is 2.33. The van der Waals surface area contributed by atoms with Crippen LogP contribution in [0, 0.1) is 0 Å². The molecule has 0 unspecified atom stereocenters. The first-order chi connectivity index (χ1) is 15.1. The van der Waals surface area contributed by atoms with E-state index in [4.69, 9.17) is 45.8 Å². The lowest BCUT2D eigenvalue weighted by Gasteiger charge is -2.17. The van der Waals surface area contributed by atoms with Gasteiger partial charge in [0, 0.05) is 0 Å². The Hall–Kier alpha value is -2.31. The monoisotopic (exact) mass is 469 g/mol. The summed E-state index contributed by atoms with van der Waals surface area (Å²) in [6.07, 6.45) is 5.69. The number of nitrogens with two attached hydrogens (primary N) is 1. The quantitative estimate of drug-likeness (QED) is 0.667. The van der Waals surface area contributed by atoms with E-state index in [0.717, 1.165) is 0 Å². The lowest BCUT2D eigenvalue weighted by molar-refractivity contribution is -0.142. The Bertz CT molecular complexity index is 781. The predicted octanol–water partition coefficient (Wildman–Crippen LogP) is 2.25. The van der Waals surface area contributed by atoms with Crippen LogP contribution in [0.1, 0.15) is 27.7 Å². The third-order valence-corrected chi connectivity index (χ3v) is 4.41. The van der Waals surface area contributed by atoms with Crippen LogP contribution in [-0.2, 0) is 18.9 Å². The van der Waals surface area contributed by atoms with E-state index in [1.165, 1.54) is 24.8 Å². The second kappa shape index (κ2) is 10.5. The largest absolute Gasteiger partial charge is 0.474 e. The molecule has 0 aromatic carbocycles.